The maximum Gasteiger partial charge on any atom is 0.263 e. The molecule has 1 unspecified atom stereocenters. The maximum absolute atomic E-state index is 13.9. The van der Waals surface area contributed by atoms with Crippen LogP contribution in [0.4, 0.5) is 4.39 Å². The smallest absolute Gasteiger partial charge is 0.263 e. The molecule has 1 fully saturated rings. The van der Waals surface area contributed by atoms with E-state index in [0.29, 0.717) is 38.3 Å². The Hall–Kier alpha value is -2.89. The molecule has 0 saturated carbocycles. The minimum Gasteiger partial charge on any atom is -0.481 e. The molecule has 1 heterocycles. The molecule has 6 heteroatoms. The lowest BCUT2D eigenvalue weighted by molar-refractivity contribution is -0.137. The quantitative estimate of drug-likeness (QED) is 0.813. The number of halogens is 1. The number of carbonyl (C=O) groups excluding carboxylic acids is 2. The number of aryl methyl sites for hydroxylation is 1. The van der Waals surface area contributed by atoms with Gasteiger partial charge in [-0.3, -0.25) is 9.59 Å². The first-order valence-corrected chi connectivity index (χ1v) is 9.51. The van der Waals surface area contributed by atoms with E-state index in [-0.39, 0.29) is 17.4 Å². The number of rotatable bonds is 4. The number of amides is 2. The Morgan fingerprint density at radius 1 is 1.00 bits per heavy atom. The van der Waals surface area contributed by atoms with Crippen molar-refractivity contribution in [2.45, 2.75) is 26.4 Å². The van der Waals surface area contributed by atoms with Gasteiger partial charge in [0.05, 0.1) is 5.56 Å². The molecule has 0 N–H and O–H groups in total. The molecule has 0 aromatic heterocycles. The van der Waals surface area contributed by atoms with Gasteiger partial charge >= 0.3 is 0 Å². The average molecular weight is 384 g/mol. The van der Waals surface area contributed by atoms with Gasteiger partial charge in [-0.1, -0.05) is 24.3 Å². The Morgan fingerprint density at radius 2 is 1.71 bits per heavy atom. The molecule has 3 rings (SSSR count). The zero-order valence-corrected chi connectivity index (χ0v) is 16.2. The fourth-order valence-electron chi connectivity index (χ4n) is 3.35. The Kier molecular flexibility index (Phi) is 6.29. The van der Waals surface area contributed by atoms with Gasteiger partial charge < -0.3 is 14.5 Å². The van der Waals surface area contributed by atoms with Crippen LogP contribution in [0.15, 0.2) is 48.5 Å². The highest BCUT2D eigenvalue weighted by molar-refractivity contribution is 5.94. The van der Waals surface area contributed by atoms with E-state index in [1.165, 1.54) is 12.1 Å². The van der Waals surface area contributed by atoms with E-state index >= 15 is 0 Å². The predicted octanol–water partition coefficient (Wildman–Crippen LogP) is 3.28. The predicted molar refractivity (Wildman–Crippen MR) is 105 cm³/mol. The summed E-state index contributed by atoms with van der Waals surface area (Å²) in [7, 11) is 0. The lowest BCUT2D eigenvalue weighted by atomic mass is 10.2. The SMILES string of the molecule is Cc1cccc(OC(C)C(=O)N2CCCN(C(=O)c3ccccc3F)CC2)c1. The molecule has 0 spiro atoms. The van der Waals surface area contributed by atoms with Crippen molar-refractivity contribution >= 4 is 11.8 Å². The zero-order valence-electron chi connectivity index (χ0n) is 16.2. The van der Waals surface area contributed by atoms with Crippen LogP contribution in [-0.2, 0) is 4.79 Å². The number of nitrogens with zero attached hydrogens (tertiary/aromatic N) is 2. The van der Waals surface area contributed by atoms with Crippen molar-refractivity contribution in [3.8, 4) is 5.75 Å². The summed E-state index contributed by atoms with van der Waals surface area (Å²) < 4.78 is 19.7. The average Bonchev–Trinajstić information content (AvgIpc) is 2.93. The van der Waals surface area contributed by atoms with Gasteiger partial charge in [0.2, 0.25) is 0 Å². The standard InChI is InChI=1S/C22H25FN2O3/c1-16-7-5-8-18(15-16)28-17(2)21(26)24-11-6-12-25(14-13-24)22(27)19-9-3-4-10-20(19)23/h3-5,7-10,15,17H,6,11-14H2,1-2H3. The molecule has 28 heavy (non-hydrogen) atoms. The van der Waals surface area contributed by atoms with Crippen molar-refractivity contribution in [3.05, 3.63) is 65.5 Å². The van der Waals surface area contributed by atoms with Crippen molar-refractivity contribution in [2.75, 3.05) is 26.2 Å². The molecule has 2 amide bonds. The number of ether oxygens (including phenoxy) is 1. The number of benzene rings is 2. The Morgan fingerprint density at radius 3 is 2.46 bits per heavy atom. The first-order valence-electron chi connectivity index (χ1n) is 9.51. The van der Waals surface area contributed by atoms with E-state index in [1.54, 1.807) is 28.9 Å². The first-order chi connectivity index (χ1) is 13.5. The van der Waals surface area contributed by atoms with Crippen molar-refractivity contribution in [1.82, 2.24) is 9.80 Å². The fraction of sp³-hybridized carbons (Fsp3) is 0.364. The molecule has 0 bridgehead atoms. The molecule has 1 aliphatic heterocycles. The van der Waals surface area contributed by atoms with E-state index in [0.717, 1.165) is 5.56 Å². The van der Waals surface area contributed by atoms with Gasteiger partial charge in [-0.15, -0.1) is 0 Å². The van der Waals surface area contributed by atoms with Crippen LogP contribution in [0.25, 0.3) is 0 Å². The molecular formula is C22H25FN2O3. The second-order valence-electron chi connectivity index (χ2n) is 7.03. The van der Waals surface area contributed by atoms with E-state index in [9.17, 15) is 14.0 Å². The van der Waals surface area contributed by atoms with Crippen molar-refractivity contribution in [2.24, 2.45) is 0 Å². The van der Waals surface area contributed by atoms with Crippen molar-refractivity contribution < 1.29 is 18.7 Å². The van der Waals surface area contributed by atoms with Crippen LogP contribution in [0.1, 0.15) is 29.3 Å². The maximum atomic E-state index is 13.9. The summed E-state index contributed by atoms with van der Waals surface area (Å²) >= 11 is 0. The zero-order chi connectivity index (χ0) is 20.1. The van der Waals surface area contributed by atoms with E-state index in [1.807, 2.05) is 31.2 Å². The van der Waals surface area contributed by atoms with Crippen LogP contribution in [0.5, 0.6) is 5.75 Å². The highest BCUT2D eigenvalue weighted by Crippen LogP contribution is 2.17. The number of carbonyl (C=O) groups is 2. The first kappa shape index (κ1) is 19.9. The molecule has 5 nitrogen and oxygen atoms in total. The molecule has 1 atom stereocenters. The monoisotopic (exact) mass is 384 g/mol. The van der Waals surface area contributed by atoms with Gasteiger partial charge in [0.1, 0.15) is 11.6 Å². The molecule has 0 aliphatic carbocycles. The molecule has 1 saturated heterocycles. The molecule has 148 valence electrons. The van der Waals surface area contributed by atoms with Crippen LogP contribution in [0, 0.1) is 12.7 Å². The second-order valence-corrected chi connectivity index (χ2v) is 7.03. The Bertz CT molecular complexity index is 855. The summed E-state index contributed by atoms with van der Waals surface area (Å²) in [6, 6.07) is 13.6. The minimum atomic E-state index is -0.615. The lowest BCUT2D eigenvalue weighted by Gasteiger charge is -2.25. The van der Waals surface area contributed by atoms with Gasteiger partial charge in [-0.2, -0.15) is 0 Å². The fourth-order valence-corrected chi connectivity index (χ4v) is 3.35. The van der Waals surface area contributed by atoms with Crippen molar-refractivity contribution in [3.63, 3.8) is 0 Å². The minimum absolute atomic E-state index is 0.0680. The third-order valence-corrected chi connectivity index (χ3v) is 4.85. The van der Waals surface area contributed by atoms with Gasteiger partial charge in [0.15, 0.2) is 6.10 Å². The van der Waals surface area contributed by atoms with Crippen LogP contribution in [-0.4, -0.2) is 53.9 Å². The topological polar surface area (TPSA) is 49.9 Å². The van der Waals surface area contributed by atoms with Gasteiger partial charge in [0, 0.05) is 26.2 Å². The van der Waals surface area contributed by atoms with Crippen LogP contribution in [0.3, 0.4) is 0 Å². The highest BCUT2D eigenvalue weighted by Gasteiger charge is 2.27. The van der Waals surface area contributed by atoms with Crippen LogP contribution in [0.2, 0.25) is 0 Å². The number of hydrogen-bond donors (Lipinski definition) is 0. The normalized spacial score (nSPS) is 15.7. The Balaban J connectivity index is 1.60. The molecule has 1 aliphatic rings. The summed E-state index contributed by atoms with van der Waals surface area (Å²) in [6.07, 6.45) is 0.0268. The van der Waals surface area contributed by atoms with Crippen molar-refractivity contribution in [1.29, 1.82) is 0 Å². The van der Waals surface area contributed by atoms with Crippen LogP contribution < -0.4 is 4.74 Å². The molecule has 2 aromatic carbocycles. The molecule has 2 aromatic rings. The van der Waals surface area contributed by atoms with Crippen LogP contribution >= 0.6 is 0 Å². The van der Waals surface area contributed by atoms with Gasteiger partial charge in [0.25, 0.3) is 11.8 Å². The summed E-state index contributed by atoms with van der Waals surface area (Å²) in [4.78, 5) is 28.7. The second kappa shape index (κ2) is 8.87. The lowest BCUT2D eigenvalue weighted by Crippen LogP contribution is -2.43. The summed E-state index contributed by atoms with van der Waals surface area (Å²) in [5.41, 5.74) is 1.13. The third-order valence-electron chi connectivity index (χ3n) is 4.85. The van der Waals surface area contributed by atoms with E-state index < -0.39 is 11.9 Å². The van der Waals surface area contributed by atoms with Gasteiger partial charge in [-0.05, 0) is 50.1 Å². The summed E-state index contributed by atoms with van der Waals surface area (Å²) in [5, 5.41) is 0. The molecular weight excluding hydrogens is 359 g/mol. The van der Waals surface area contributed by atoms with E-state index in [4.69, 9.17) is 4.74 Å². The molecule has 0 radical (unpaired) electrons. The summed E-state index contributed by atoms with van der Waals surface area (Å²) in [5.74, 6) is -0.310. The van der Waals surface area contributed by atoms with Gasteiger partial charge in [-0.25, -0.2) is 4.39 Å². The Labute approximate surface area is 164 Å². The highest BCUT2D eigenvalue weighted by atomic mass is 19.1. The third kappa shape index (κ3) is 4.68. The number of hydrogen-bond acceptors (Lipinski definition) is 3. The van der Waals surface area contributed by atoms with E-state index in [2.05, 4.69) is 0 Å². The largest absolute Gasteiger partial charge is 0.481 e. The summed E-state index contributed by atoms with van der Waals surface area (Å²) in [6.45, 7) is 5.51.